The van der Waals surface area contributed by atoms with Gasteiger partial charge in [0.05, 0.1) is 6.21 Å². The Morgan fingerprint density at radius 1 is 1.04 bits per heavy atom. The molecule has 0 radical (unpaired) electrons. The highest BCUT2D eigenvalue weighted by Crippen LogP contribution is 2.22. The molecule has 3 aromatic rings. The van der Waals surface area contributed by atoms with Crippen molar-refractivity contribution in [2.45, 2.75) is 6.92 Å². The topological polar surface area (TPSA) is 59.9 Å². The van der Waals surface area contributed by atoms with E-state index >= 15 is 0 Å². The van der Waals surface area contributed by atoms with Crippen molar-refractivity contribution in [3.05, 3.63) is 88.9 Å². The van der Waals surface area contributed by atoms with Gasteiger partial charge in [0.1, 0.15) is 17.2 Å². The van der Waals surface area contributed by atoms with Gasteiger partial charge in [0.15, 0.2) is 6.61 Å². The number of rotatable bonds is 7. The number of benzene rings is 3. The Kier molecular flexibility index (Phi) is 6.65. The van der Waals surface area contributed by atoms with Gasteiger partial charge in [0.2, 0.25) is 0 Å². The Bertz CT molecular complexity index is 975. The molecule has 1 N–H and O–H groups in total. The van der Waals surface area contributed by atoms with Crippen LogP contribution in [0.25, 0.3) is 0 Å². The van der Waals surface area contributed by atoms with E-state index in [0.29, 0.717) is 16.5 Å². The summed E-state index contributed by atoms with van der Waals surface area (Å²) < 4.78 is 11.3. The van der Waals surface area contributed by atoms with Crippen LogP contribution in [-0.2, 0) is 4.79 Å². The van der Waals surface area contributed by atoms with Crippen LogP contribution in [0.2, 0.25) is 5.02 Å². The molecule has 0 saturated carbocycles. The van der Waals surface area contributed by atoms with Gasteiger partial charge < -0.3 is 9.47 Å². The molecule has 5 nitrogen and oxygen atoms in total. The first-order chi connectivity index (χ1) is 13.6. The van der Waals surface area contributed by atoms with Crippen molar-refractivity contribution < 1.29 is 14.3 Å². The molecule has 28 heavy (non-hydrogen) atoms. The van der Waals surface area contributed by atoms with Gasteiger partial charge in [-0.2, -0.15) is 5.10 Å². The molecule has 6 heteroatoms. The molecular weight excluding hydrogens is 376 g/mol. The Morgan fingerprint density at radius 2 is 1.82 bits per heavy atom. The number of hydrazone groups is 1. The van der Waals surface area contributed by atoms with Crippen LogP contribution in [0, 0.1) is 6.92 Å². The number of carbonyl (C=O) groups is 1. The molecule has 0 aliphatic heterocycles. The Labute approximate surface area is 168 Å². The molecule has 3 aromatic carbocycles. The lowest BCUT2D eigenvalue weighted by molar-refractivity contribution is -0.123. The first-order valence-corrected chi connectivity index (χ1v) is 9.02. The van der Waals surface area contributed by atoms with Crippen LogP contribution in [-0.4, -0.2) is 18.7 Å². The second-order valence-electron chi connectivity index (χ2n) is 5.98. The zero-order valence-corrected chi connectivity index (χ0v) is 16.0. The molecule has 0 aromatic heterocycles. The highest BCUT2D eigenvalue weighted by molar-refractivity contribution is 6.30. The van der Waals surface area contributed by atoms with Gasteiger partial charge in [0, 0.05) is 5.02 Å². The largest absolute Gasteiger partial charge is 0.483 e. The van der Waals surface area contributed by atoms with E-state index in [1.807, 2.05) is 61.5 Å². The minimum absolute atomic E-state index is 0.142. The summed E-state index contributed by atoms with van der Waals surface area (Å²) in [7, 11) is 0. The van der Waals surface area contributed by atoms with Crippen LogP contribution in [0.5, 0.6) is 17.2 Å². The predicted octanol–water partition coefficient (Wildman–Crippen LogP) is 4.97. The lowest BCUT2D eigenvalue weighted by Gasteiger charge is -2.08. The van der Waals surface area contributed by atoms with Crippen LogP contribution >= 0.6 is 11.6 Å². The van der Waals surface area contributed by atoms with Gasteiger partial charge in [-0.3, -0.25) is 4.79 Å². The summed E-state index contributed by atoms with van der Waals surface area (Å²) in [4.78, 5) is 11.9. The number of amides is 1. The molecule has 3 rings (SSSR count). The van der Waals surface area contributed by atoms with Crippen molar-refractivity contribution in [1.29, 1.82) is 0 Å². The van der Waals surface area contributed by atoms with Crippen LogP contribution in [0.15, 0.2) is 77.9 Å². The second kappa shape index (κ2) is 9.58. The fraction of sp³-hybridized carbons (Fsp3) is 0.0909. The van der Waals surface area contributed by atoms with Crippen molar-refractivity contribution in [3.63, 3.8) is 0 Å². The summed E-state index contributed by atoms with van der Waals surface area (Å²) in [6, 6.07) is 22.1. The maximum atomic E-state index is 11.9. The molecule has 0 fully saturated rings. The maximum Gasteiger partial charge on any atom is 0.277 e. The number of aryl methyl sites for hydroxylation is 1. The summed E-state index contributed by atoms with van der Waals surface area (Å²) in [5.74, 6) is 1.68. The van der Waals surface area contributed by atoms with Crippen LogP contribution in [0.3, 0.4) is 0 Å². The quantitative estimate of drug-likeness (QED) is 0.454. The van der Waals surface area contributed by atoms with Crippen molar-refractivity contribution in [2.75, 3.05) is 6.61 Å². The monoisotopic (exact) mass is 394 g/mol. The minimum atomic E-state index is -0.359. The van der Waals surface area contributed by atoms with E-state index < -0.39 is 0 Å². The van der Waals surface area contributed by atoms with Gasteiger partial charge in [-0.1, -0.05) is 41.9 Å². The molecule has 1 amide bonds. The van der Waals surface area contributed by atoms with Crippen molar-refractivity contribution >= 4 is 23.7 Å². The zero-order valence-electron chi connectivity index (χ0n) is 15.3. The van der Waals surface area contributed by atoms with E-state index in [2.05, 4.69) is 10.5 Å². The number of nitrogens with zero attached hydrogens (tertiary/aromatic N) is 1. The van der Waals surface area contributed by atoms with Gasteiger partial charge >= 0.3 is 0 Å². The molecule has 0 atom stereocenters. The lowest BCUT2D eigenvalue weighted by Crippen LogP contribution is -2.24. The third-order valence-electron chi connectivity index (χ3n) is 3.74. The maximum absolute atomic E-state index is 11.9. The van der Waals surface area contributed by atoms with Crippen molar-refractivity contribution in [3.8, 4) is 17.2 Å². The lowest BCUT2D eigenvalue weighted by atomic mass is 10.2. The average Bonchev–Trinajstić information content (AvgIpc) is 2.68. The summed E-state index contributed by atoms with van der Waals surface area (Å²) in [6.45, 7) is 1.72. The predicted molar refractivity (Wildman–Crippen MR) is 110 cm³/mol. The van der Waals surface area contributed by atoms with Crippen LogP contribution in [0.1, 0.15) is 11.1 Å². The number of para-hydroxylation sites is 1. The molecule has 142 valence electrons. The third-order valence-corrected chi connectivity index (χ3v) is 3.97. The zero-order chi connectivity index (χ0) is 19.8. The first kappa shape index (κ1) is 19.5. The van der Waals surface area contributed by atoms with Crippen molar-refractivity contribution in [2.24, 2.45) is 5.10 Å². The number of nitrogens with one attached hydrogen (secondary N) is 1. The molecule has 0 bridgehead atoms. The fourth-order valence-electron chi connectivity index (χ4n) is 2.41. The summed E-state index contributed by atoms with van der Waals surface area (Å²) >= 11 is 5.90. The van der Waals surface area contributed by atoms with E-state index in [9.17, 15) is 4.79 Å². The van der Waals surface area contributed by atoms with Gasteiger partial charge in [-0.05, 0) is 60.5 Å². The number of ether oxygens (including phenoxy) is 2. The molecule has 0 saturated heterocycles. The number of halogens is 1. The van der Waals surface area contributed by atoms with E-state index in [-0.39, 0.29) is 12.5 Å². The summed E-state index contributed by atoms with van der Waals surface area (Å²) in [6.07, 6.45) is 1.54. The van der Waals surface area contributed by atoms with Crippen molar-refractivity contribution in [1.82, 2.24) is 5.43 Å². The Morgan fingerprint density at radius 3 is 2.61 bits per heavy atom. The van der Waals surface area contributed by atoms with E-state index in [0.717, 1.165) is 16.9 Å². The Hall–Kier alpha value is -3.31. The van der Waals surface area contributed by atoms with E-state index in [4.69, 9.17) is 21.1 Å². The number of carbonyl (C=O) groups excluding carboxylic acids is 1. The number of hydrogen-bond donors (Lipinski definition) is 1. The molecule has 0 spiro atoms. The highest BCUT2D eigenvalue weighted by Gasteiger charge is 2.04. The van der Waals surface area contributed by atoms with E-state index in [1.54, 1.807) is 24.4 Å². The fourth-order valence-corrected chi connectivity index (χ4v) is 2.64. The first-order valence-electron chi connectivity index (χ1n) is 8.64. The third kappa shape index (κ3) is 5.86. The van der Waals surface area contributed by atoms with Gasteiger partial charge in [-0.15, -0.1) is 0 Å². The van der Waals surface area contributed by atoms with Crippen LogP contribution < -0.4 is 14.9 Å². The minimum Gasteiger partial charge on any atom is -0.483 e. The second-order valence-corrected chi connectivity index (χ2v) is 6.42. The average molecular weight is 395 g/mol. The molecular formula is C22H19ClN2O3. The molecule has 0 heterocycles. The summed E-state index contributed by atoms with van der Waals surface area (Å²) in [5.41, 5.74) is 4.09. The molecule has 0 aliphatic carbocycles. The smallest absolute Gasteiger partial charge is 0.277 e. The number of hydrogen-bond acceptors (Lipinski definition) is 4. The standard InChI is InChI=1S/C22H19ClN2O3/c1-16-12-18(23)10-11-21(16)27-15-22(26)25-24-14-17-6-5-9-20(13-17)28-19-7-3-2-4-8-19/h2-14H,15H2,1H3,(H,25,26)/b24-14+. The van der Waals surface area contributed by atoms with E-state index in [1.165, 1.54) is 0 Å². The molecule has 0 aliphatic rings. The summed E-state index contributed by atoms with van der Waals surface area (Å²) in [5, 5.41) is 4.58. The normalized spacial score (nSPS) is 10.6. The Balaban J connectivity index is 1.51. The highest BCUT2D eigenvalue weighted by atomic mass is 35.5. The molecule has 0 unspecified atom stereocenters. The SMILES string of the molecule is Cc1cc(Cl)ccc1OCC(=O)N/N=C/c1cccc(Oc2ccccc2)c1. The van der Waals surface area contributed by atoms with Gasteiger partial charge in [-0.25, -0.2) is 5.43 Å². The van der Waals surface area contributed by atoms with Crippen LogP contribution in [0.4, 0.5) is 0 Å². The van der Waals surface area contributed by atoms with Gasteiger partial charge in [0.25, 0.3) is 5.91 Å².